The molecular weight excluding hydrogens is 540 g/mol. The molecule has 8 nitrogen and oxygen atoms in total. The summed E-state index contributed by atoms with van der Waals surface area (Å²) in [5, 5.41) is 5.91. The zero-order chi connectivity index (χ0) is 26.1. The van der Waals surface area contributed by atoms with Crippen LogP contribution in [0.4, 0.5) is 28.9 Å². The van der Waals surface area contributed by atoms with E-state index in [1.807, 2.05) is 0 Å². The Balaban J connectivity index is 0.00000380. The molecule has 0 aliphatic carbocycles. The lowest BCUT2D eigenvalue weighted by Gasteiger charge is -2.14. The summed E-state index contributed by atoms with van der Waals surface area (Å²) in [4.78, 5) is 4.15. The van der Waals surface area contributed by atoms with Gasteiger partial charge in [-0.1, -0.05) is 6.07 Å². The molecule has 198 valence electrons. The van der Waals surface area contributed by atoms with Crippen LogP contribution in [0, 0.1) is 5.82 Å². The van der Waals surface area contributed by atoms with Crippen molar-refractivity contribution in [3.05, 3.63) is 72.3 Å². The normalized spacial score (nSPS) is 11.7. The summed E-state index contributed by atoms with van der Waals surface area (Å²) in [7, 11) is -1.21. The molecule has 0 atom stereocenters. The van der Waals surface area contributed by atoms with E-state index in [1.165, 1.54) is 43.8 Å². The van der Waals surface area contributed by atoms with Crippen LogP contribution in [0.1, 0.15) is 5.56 Å². The molecule has 4 aromatic rings. The predicted molar refractivity (Wildman–Crippen MR) is 132 cm³/mol. The Labute approximate surface area is 215 Å². The van der Waals surface area contributed by atoms with Gasteiger partial charge in [0.25, 0.3) is 10.0 Å². The van der Waals surface area contributed by atoms with Gasteiger partial charge in [-0.15, -0.1) is 25.6 Å². The number of halogens is 5. The van der Waals surface area contributed by atoms with Gasteiger partial charge in [0, 0.05) is 24.4 Å². The third-order valence-corrected chi connectivity index (χ3v) is 6.76. The van der Waals surface area contributed by atoms with E-state index >= 15 is 0 Å². The van der Waals surface area contributed by atoms with Gasteiger partial charge in [-0.25, -0.2) is 16.8 Å². The quantitative estimate of drug-likeness (QED) is 0.286. The first-order valence-electron chi connectivity index (χ1n) is 10.4. The van der Waals surface area contributed by atoms with E-state index in [2.05, 4.69) is 20.4 Å². The van der Waals surface area contributed by atoms with Gasteiger partial charge >= 0.3 is 6.36 Å². The number of nitrogens with zero attached hydrogens (tertiary/aromatic N) is 2. The molecule has 0 aliphatic heterocycles. The number of benzene rings is 2. The first-order chi connectivity index (χ1) is 17.0. The average molecular weight is 561 g/mol. The van der Waals surface area contributed by atoms with Crippen molar-refractivity contribution in [2.75, 3.05) is 19.5 Å². The minimum absolute atomic E-state index is 0. The Morgan fingerprint density at radius 2 is 1.86 bits per heavy atom. The molecule has 0 saturated carbocycles. The van der Waals surface area contributed by atoms with Crippen LogP contribution in [0.25, 0.3) is 11.0 Å². The molecule has 14 heteroatoms. The highest BCUT2D eigenvalue weighted by molar-refractivity contribution is 7.90. The van der Waals surface area contributed by atoms with Gasteiger partial charge in [0.05, 0.1) is 40.6 Å². The Kier molecular flexibility index (Phi) is 8.20. The van der Waals surface area contributed by atoms with E-state index in [9.17, 15) is 26.0 Å². The van der Waals surface area contributed by atoms with Crippen LogP contribution in [0.15, 0.2) is 65.8 Å². The zero-order valence-corrected chi connectivity index (χ0v) is 21.0. The van der Waals surface area contributed by atoms with Crippen molar-refractivity contribution in [2.24, 2.45) is 0 Å². The van der Waals surface area contributed by atoms with E-state index in [4.69, 9.17) is 4.74 Å². The molecule has 37 heavy (non-hydrogen) atoms. The zero-order valence-electron chi connectivity index (χ0n) is 19.3. The fourth-order valence-corrected chi connectivity index (χ4v) is 5.00. The molecule has 0 aliphatic rings. The van der Waals surface area contributed by atoms with Crippen LogP contribution in [-0.2, 0) is 16.6 Å². The van der Waals surface area contributed by atoms with Crippen molar-refractivity contribution in [1.82, 2.24) is 14.3 Å². The molecule has 0 spiro atoms. The van der Waals surface area contributed by atoms with Crippen LogP contribution in [0.3, 0.4) is 0 Å². The fourth-order valence-electron chi connectivity index (χ4n) is 3.60. The maximum absolute atomic E-state index is 13.8. The number of hydrogen-bond donors (Lipinski definition) is 2. The molecule has 0 fully saturated rings. The van der Waals surface area contributed by atoms with Gasteiger partial charge in [-0.3, -0.25) is 4.98 Å². The third-order valence-electron chi connectivity index (χ3n) is 5.09. The lowest BCUT2D eigenvalue weighted by molar-refractivity contribution is -0.274. The number of alkyl halides is 3. The summed E-state index contributed by atoms with van der Waals surface area (Å²) >= 11 is 0. The highest BCUT2D eigenvalue weighted by Gasteiger charge is 2.31. The summed E-state index contributed by atoms with van der Waals surface area (Å²) in [5.74, 6) is -1.12. The SMILES string of the molecule is CNCc1cn(S(=O)(=O)c2cccc(F)c2)c2cc(Nc3ccc(OC(F)(F)F)cc3OC)cnc12.Cl. The third kappa shape index (κ3) is 6.06. The fraction of sp³-hybridized carbons (Fsp3) is 0.174. The van der Waals surface area contributed by atoms with Crippen LogP contribution in [-0.4, -0.2) is 37.9 Å². The second kappa shape index (κ2) is 10.8. The molecule has 2 heterocycles. The van der Waals surface area contributed by atoms with Crippen molar-refractivity contribution in [1.29, 1.82) is 0 Å². The maximum atomic E-state index is 13.8. The summed E-state index contributed by atoms with van der Waals surface area (Å²) in [6.45, 7) is 0.316. The van der Waals surface area contributed by atoms with Gasteiger partial charge in [-0.2, -0.15) is 0 Å². The number of hydrogen-bond acceptors (Lipinski definition) is 7. The smallest absolute Gasteiger partial charge is 0.494 e. The second-order valence-corrected chi connectivity index (χ2v) is 9.38. The summed E-state index contributed by atoms with van der Waals surface area (Å²) < 4.78 is 88.2. The predicted octanol–water partition coefficient (Wildman–Crippen LogP) is 5.20. The highest BCUT2D eigenvalue weighted by atomic mass is 35.5. The monoisotopic (exact) mass is 560 g/mol. The van der Waals surface area contributed by atoms with Gasteiger partial charge < -0.3 is 20.1 Å². The Bertz CT molecular complexity index is 1530. The molecule has 0 unspecified atom stereocenters. The van der Waals surface area contributed by atoms with Crippen molar-refractivity contribution in [2.45, 2.75) is 17.8 Å². The summed E-state index contributed by atoms with van der Waals surface area (Å²) in [6.07, 6.45) is -2.01. The van der Waals surface area contributed by atoms with Gasteiger partial charge in [0.1, 0.15) is 17.3 Å². The Hall–Kier alpha value is -3.55. The standard InChI is InChI=1S/C23H20F4N4O4S.ClH/c1-28-11-14-13-31(36(32,33)18-5-3-4-15(24)8-18)20-9-16(12-29-22(14)20)30-19-7-6-17(10-21(19)34-2)35-23(25,26)27;/h3-10,12-13,28,30H,11H2,1-2H3;1H. The molecule has 0 radical (unpaired) electrons. The van der Waals surface area contributed by atoms with E-state index < -0.39 is 28.0 Å². The minimum Gasteiger partial charge on any atom is -0.494 e. The van der Waals surface area contributed by atoms with Crippen molar-refractivity contribution in [3.63, 3.8) is 0 Å². The summed E-state index contributed by atoms with van der Waals surface area (Å²) in [5.41, 5.74) is 1.82. The largest absolute Gasteiger partial charge is 0.573 e. The number of pyridine rings is 1. The average Bonchev–Trinajstić information content (AvgIpc) is 3.18. The number of anilines is 2. The van der Waals surface area contributed by atoms with Crippen molar-refractivity contribution >= 4 is 44.8 Å². The number of nitrogens with one attached hydrogen (secondary N) is 2. The number of methoxy groups -OCH3 is 1. The number of ether oxygens (including phenoxy) is 2. The van der Waals surface area contributed by atoms with Crippen molar-refractivity contribution in [3.8, 4) is 11.5 Å². The van der Waals surface area contributed by atoms with Crippen LogP contribution in [0.5, 0.6) is 11.5 Å². The minimum atomic E-state index is -4.86. The molecule has 0 bridgehead atoms. The molecule has 2 aromatic carbocycles. The van der Waals surface area contributed by atoms with Gasteiger partial charge in [0.15, 0.2) is 0 Å². The van der Waals surface area contributed by atoms with E-state index in [1.54, 1.807) is 7.05 Å². The lowest BCUT2D eigenvalue weighted by Crippen LogP contribution is -2.17. The first-order valence-corrected chi connectivity index (χ1v) is 11.8. The molecular formula is C23H21ClF4N4O4S. The molecule has 2 N–H and O–H groups in total. The van der Waals surface area contributed by atoms with Gasteiger partial charge in [0.2, 0.25) is 0 Å². The lowest BCUT2D eigenvalue weighted by atomic mass is 10.2. The van der Waals surface area contributed by atoms with Crippen LogP contribution in [0.2, 0.25) is 0 Å². The number of fused-ring (bicyclic) bond motifs is 1. The maximum Gasteiger partial charge on any atom is 0.573 e. The first kappa shape index (κ1) is 28.0. The van der Waals surface area contributed by atoms with E-state index in [-0.39, 0.29) is 34.3 Å². The highest BCUT2D eigenvalue weighted by Crippen LogP contribution is 2.35. The second-order valence-electron chi connectivity index (χ2n) is 7.57. The van der Waals surface area contributed by atoms with E-state index in [0.29, 0.717) is 23.3 Å². The Morgan fingerprint density at radius 1 is 1.11 bits per heavy atom. The van der Waals surface area contributed by atoms with E-state index in [0.717, 1.165) is 28.2 Å². The summed E-state index contributed by atoms with van der Waals surface area (Å²) in [6, 6.07) is 9.64. The van der Waals surface area contributed by atoms with Crippen LogP contribution >= 0.6 is 12.4 Å². The Morgan fingerprint density at radius 3 is 2.51 bits per heavy atom. The molecule has 0 saturated heterocycles. The van der Waals surface area contributed by atoms with Crippen LogP contribution < -0.4 is 20.1 Å². The van der Waals surface area contributed by atoms with Crippen molar-refractivity contribution < 1.29 is 35.5 Å². The molecule has 2 aromatic heterocycles. The number of aromatic nitrogens is 2. The molecule has 0 amide bonds. The molecule has 4 rings (SSSR count). The number of rotatable bonds is 8. The topological polar surface area (TPSA) is 94.5 Å². The van der Waals surface area contributed by atoms with Gasteiger partial charge in [-0.05, 0) is 43.4 Å².